The summed E-state index contributed by atoms with van der Waals surface area (Å²) in [5.74, 6) is -0.187. The molecule has 3 aliphatic rings. The van der Waals surface area contributed by atoms with Crippen molar-refractivity contribution in [1.82, 2.24) is 10.2 Å². The number of nitrogens with one attached hydrogen (secondary N) is 1. The second kappa shape index (κ2) is 13.0. The zero-order valence-electron chi connectivity index (χ0n) is 22.5. The number of rotatable bonds is 12. The average Bonchev–Trinajstić information content (AvgIpc) is 3.61. The van der Waals surface area contributed by atoms with Crippen LogP contribution in [-0.2, 0) is 16.2 Å². The lowest BCUT2D eigenvalue weighted by Crippen LogP contribution is -2.56. The predicted octanol–water partition coefficient (Wildman–Crippen LogP) is 2.41. The third-order valence-corrected chi connectivity index (χ3v) is 8.09. The van der Waals surface area contributed by atoms with Crippen molar-refractivity contribution in [2.24, 2.45) is 5.92 Å². The molecule has 4 atom stereocenters. The first-order chi connectivity index (χ1) is 18.4. The van der Waals surface area contributed by atoms with Crippen LogP contribution in [0.4, 0.5) is 0 Å². The molecule has 1 aromatic carbocycles. The van der Waals surface area contributed by atoms with Gasteiger partial charge in [0.1, 0.15) is 12.2 Å². The van der Waals surface area contributed by atoms with Gasteiger partial charge in [-0.15, -0.1) is 0 Å². The van der Waals surface area contributed by atoms with Gasteiger partial charge in [-0.25, -0.2) is 0 Å². The van der Waals surface area contributed by atoms with Crippen molar-refractivity contribution in [3.8, 4) is 11.5 Å². The molecule has 38 heavy (non-hydrogen) atoms. The summed E-state index contributed by atoms with van der Waals surface area (Å²) < 4.78 is 11.8. The number of methoxy groups -OCH3 is 1. The van der Waals surface area contributed by atoms with Gasteiger partial charge in [0.25, 0.3) is 0 Å². The van der Waals surface area contributed by atoms with Gasteiger partial charge in [0.2, 0.25) is 11.8 Å². The molecule has 1 aliphatic heterocycles. The number of carbonyl (C=O) groups excluding carboxylic acids is 2. The first kappa shape index (κ1) is 28.4. The van der Waals surface area contributed by atoms with E-state index < -0.39 is 24.2 Å². The summed E-state index contributed by atoms with van der Waals surface area (Å²) in [5, 5.41) is 33.6. The van der Waals surface area contributed by atoms with Gasteiger partial charge in [0.15, 0.2) is 11.5 Å². The maximum absolute atomic E-state index is 13.8. The van der Waals surface area contributed by atoms with Crippen LogP contribution in [0.5, 0.6) is 11.5 Å². The molecule has 0 bridgehead atoms. The van der Waals surface area contributed by atoms with Crippen molar-refractivity contribution >= 4 is 11.8 Å². The zero-order valence-corrected chi connectivity index (χ0v) is 22.5. The minimum atomic E-state index is -1.07. The first-order valence-electron chi connectivity index (χ1n) is 14.0. The lowest BCUT2D eigenvalue weighted by atomic mass is 9.77. The minimum absolute atomic E-state index is 0.0310. The molecule has 0 saturated heterocycles. The number of carbonyl (C=O) groups is 2. The van der Waals surface area contributed by atoms with Crippen LogP contribution < -0.4 is 14.8 Å². The summed E-state index contributed by atoms with van der Waals surface area (Å²) in [4.78, 5) is 28.9. The van der Waals surface area contributed by atoms with Crippen molar-refractivity contribution < 1.29 is 34.4 Å². The Hall–Kier alpha value is -2.62. The number of ether oxygens (including phenoxy) is 2. The Morgan fingerprint density at radius 2 is 1.92 bits per heavy atom. The molecule has 1 saturated carbocycles. The topological polar surface area (TPSA) is 129 Å². The van der Waals surface area contributed by atoms with Crippen molar-refractivity contribution in [2.75, 3.05) is 26.8 Å². The number of aliphatic hydroxyl groups excluding tert-OH is 3. The second-order valence-electron chi connectivity index (χ2n) is 10.6. The molecule has 9 heteroatoms. The van der Waals surface area contributed by atoms with E-state index in [0.29, 0.717) is 34.7 Å². The molecule has 2 amide bonds. The van der Waals surface area contributed by atoms with Crippen LogP contribution in [0.15, 0.2) is 23.8 Å². The number of fused-ring (bicyclic) bond motifs is 3. The number of nitrogens with zero attached hydrogens (tertiary/aromatic N) is 1. The van der Waals surface area contributed by atoms with Crippen LogP contribution in [-0.4, -0.2) is 77.1 Å². The quantitative estimate of drug-likeness (QED) is 0.306. The SMILES string of the molecule is CCCCCCN(C(=O)C1CCCC1)[C@@H]1C=C(C(=O)NCCO)[C@@H]2c3cc(CO)cc(OC)c3O[C@@H]2[C@H]1O. The summed E-state index contributed by atoms with van der Waals surface area (Å²) in [6, 6.07) is 2.73. The van der Waals surface area contributed by atoms with E-state index in [1.807, 2.05) is 0 Å². The molecule has 0 aromatic heterocycles. The fraction of sp³-hybridized carbons (Fsp3) is 0.655. The highest BCUT2D eigenvalue weighted by Crippen LogP contribution is 2.51. The molecule has 1 aromatic rings. The van der Waals surface area contributed by atoms with Gasteiger partial charge >= 0.3 is 0 Å². The van der Waals surface area contributed by atoms with Gasteiger partial charge in [-0.3, -0.25) is 9.59 Å². The van der Waals surface area contributed by atoms with Gasteiger partial charge < -0.3 is 35.0 Å². The second-order valence-corrected chi connectivity index (χ2v) is 10.6. The fourth-order valence-electron chi connectivity index (χ4n) is 6.14. The van der Waals surface area contributed by atoms with E-state index in [9.17, 15) is 24.9 Å². The average molecular weight is 531 g/mol. The lowest BCUT2D eigenvalue weighted by molar-refractivity contribution is -0.141. The molecular weight excluding hydrogens is 488 g/mol. The highest BCUT2D eigenvalue weighted by Gasteiger charge is 2.51. The standard InChI is InChI=1S/C29H42N2O7/c1-3-4-5-8-12-31(29(36)19-9-6-7-10-19)22-16-21(28(35)30-11-13-32)24-20-14-18(17-33)15-23(37-2)26(20)38-27(24)25(22)34/h14-16,19,22,24-25,27,32-34H,3-13,17H2,1-2H3,(H,30,35)/t22-,24+,25+,27+/m1/s1. The van der Waals surface area contributed by atoms with E-state index in [1.54, 1.807) is 23.1 Å². The normalized spacial score (nSPS) is 24.3. The minimum Gasteiger partial charge on any atom is -0.493 e. The van der Waals surface area contributed by atoms with Crippen LogP contribution in [0.2, 0.25) is 0 Å². The summed E-state index contributed by atoms with van der Waals surface area (Å²) in [7, 11) is 1.50. The van der Waals surface area contributed by atoms with Gasteiger partial charge in [0.05, 0.1) is 32.3 Å². The van der Waals surface area contributed by atoms with E-state index in [1.165, 1.54) is 7.11 Å². The molecule has 2 aliphatic carbocycles. The fourth-order valence-corrected chi connectivity index (χ4v) is 6.14. The molecule has 9 nitrogen and oxygen atoms in total. The molecule has 0 unspecified atom stereocenters. The maximum atomic E-state index is 13.8. The van der Waals surface area contributed by atoms with E-state index in [0.717, 1.165) is 51.4 Å². The van der Waals surface area contributed by atoms with Gasteiger partial charge in [-0.1, -0.05) is 39.0 Å². The van der Waals surface area contributed by atoms with Crippen LogP contribution in [0.1, 0.15) is 75.3 Å². The van der Waals surface area contributed by atoms with E-state index in [2.05, 4.69) is 12.2 Å². The monoisotopic (exact) mass is 530 g/mol. The molecule has 0 radical (unpaired) electrons. The van der Waals surface area contributed by atoms with Crippen molar-refractivity contribution in [3.63, 3.8) is 0 Å². The predicted molar refractivity (Wildman–Crippen MR) is 142 cm³/mol. The first-order valence-corrected chi connectivity index (χ1v) is 14.0. The summed E-state index contributed by atoms with van der Waals surface area (Å²) >= 11 is 0. The molecule has 0 spiro atoms. The Bertz CT molecular complexity index is 1020. The molecule has 210 valence electrons. The van der Waals surface area contributed by atoms with Gasteiger partial charge in [-0.2, -0.15) is 0 Å². The molecule has 4 rings (SSSR count). The Labute approximate surface area is 224 Å². The molecule has 1 fully saturated rings. The summed E-state index contributed by atoms with van der Waals surface area (Å²) in [5.41, 5.74) is 1.64. The third-order valence-electron chi connectivity index (χ3n) is 8.09. The molecule has 1 heterocycles. The summed E-state index contributed by atoms with van der Waals surface area (Å²) in [6.45, 7) is 2.29. The maximum Gasteiger partial charge on any atom is 0.247 e. The number of benzene rings is 1. The number of unbranched alkanes of at least 4 members (excludes halogenated alkanes) is 3. The number of hydrogen-bond donors (Lipinski definition) is 4. The Morgan fingerprint density at radius 3 is 2.58 bits per heavy atom. The van der Waals surface area contributed by atoms with Crippen LogP contribution in [0.25, 0.3) is 0 Å². The Balaban J connectivity index is 1.75. The van der Waals surface area contributed by atoms with E-state index >= 15 is 0 Å². The van der Waals surface area contributed by atoms with Crippen molar-refractivity contribution in [2.45, 2.75) is 89.1 Å². The highest BCUT2D eigenvalue weighted by atomic mass is 16.5. The molecular formula is C29H42N2O7. The molecule has 4 N–H and O–H groups in total. The highest BCUT2D eigenvalue weighted by molar-refractivity contribution is 5.96. The van der Waals surface area contributed by atoms with Crippen LogP contribution >= 0.6 is 0 Å². The Morgan fingerprint density at radius 1 is 1.16 bits per heavy atom. The summed E-state index contributed by atoms with van der Waals surface area (Å²) in [6.07, 6.45) is 7.52. The number of hydrogen-bond acceptors (Lipinski definition) is 7. The number of aliphatic hydroxyl groups is 3. The van der Waals surface area contributed by atoms with Gasteiger partial charge in [-0.05, 0) is 43.0 Å². The Kier molecular flexibility index (Phi) is 9.68. The van der Waals surface area contributed by atoms with Gasteiger partial charge in [0, 0.05) is 30.1 Å². The van der Waals surface area contributed by atoms with Crippen molar-refractivity contribution in [1.29, 1.82) is 0 Å². The largest absolute Gasteiger partial charge is 0.493 e. The smallest absolute Gasteiger partial charge is 0.247 e. The zero-order chi connectivity index (χ0) is 27.2. The third kappa shape index (κ3) is 5.70. The van der Waals surface area contributed by atoms with E-state index in [-0.39, 0.29) is 37.5 Å². The lowest BCUT2D eigenvalue weighted by Gasteiger charge is -2.41. The van der Waals surface area contributed by atoms with Crippen LogP contribution in [0.3, 0.4) is 0 Å². The number of amides is 2. The van der Waals surface area contributed by atoms with E-state index in [4.69, 9.17) is 9.47 Å². The van der Waals surface area contributed by atoms with Crippen LogP contribution in [0, 0.1) is 5.92 Å². The van der Waals surface area contributed by atoms with Crippen molar-refractivity contribution in [3.05, 3.63) is 34.9 Å².